The number of amides is 1. The lowest BCUT2D eigenvalue weighted by Gasteiger charge is -2.35. The monoisotopic (exact) mass is 290 g/mol. The molecule has 0 spiro atoms. The summed E-state index contributed by atoms with van der Waals surface area (Å²) in [6.07, 6.45) is 3.39. The van der Waals surface area contributed by atoms with E-state index in [4.69, 9.17) is 10.5 Å². The van der Waals surface area contributed by atoms with Crippen molar-refractivity contribution in [2.75, 3.05) is 12.4 Å². The van der Waals surface area contributed by atoms with Crippen molar-refractivity contribution in [1.29, 1.82) is 0 Å². The fourth-order valence-electron chi connectivity index (χ4n) is 2.93. The van der Waals surface area contributed by atoms with Crippen LogP contribution in [0.4, 0.5) is 5.69 Å². The Bertz CT molecular complexity index is 544. The van der Waals surface area contributed by atoms with Gasteiger partial charge in [-0.2, -0.15) is 0 Å². The number of methoxy groups -OCH3 is 1. The van der Waals surface area contributed by atoms with E-state index in [9.17, 15) is 9.59 Å². The topological polar surface area (TPSA) is 81.4 Å². The van der Waals surface area contributed by atoms with Crippen molar-refractivity contribution in [3.05, 3.63) is 29.8 Å². The summed E-state index contributed by atoms with van der Waals surface area (Å²) in [6, 6.07) is 6.78. The SMILES string of the molecule is COC(=O)c1ccccc1NC(=O)C1(N)CCCC(C)C1. The number of carbonyl (C=O) groups excluding carboxylic acids is 2. The van der Waals surface area contributed by atoms with Crippen molar-refractivity contribution in [2.45, 2.75) is 38.1 Å². The lowest BCUT2D eigenvalue weighted by molar-refractivity contribution is -0.122. The van der Waals surface area contributed by atoms with Crippen LogP contribution in [0.15, 0.2) is 24.3 Å². The second-order valence-electron chi connectivity index (χ2n) is 5.85. The summed E-state index contributed by atoms with van der Waals surface area (Å²) < 4.78 is 4.72. The molecular formula is C16H22N2O3. The molecule has 1 aromatic carbocycles. The summed E-state index contributed by atoms with van der Waals surface area (Å²) in [4.78, 5) is 24.2. The molecular weight excluding hydrogens is 268 g/mol. The smallest absolute Gasteiger partial charge is 0.339 e. The first-order chi connectivity index (χ1) is 9.96. The second kappa shape index (κ2) is 6.26. The van der Waals surface area contributed by atoms with Crippen molar-refractivity contribution >= 4 is 17.6 Å². The molecule has 2 rings (SSSR count). The van der Waals surface area contributed by atoms with Gasteiger partial charge >= 0.3 is 5.97 Å². The highest BCUT2D eigenvalue weighted by atomic mass is 16.5. The van der Waals surface area contributed by atoms with Gasteiger partial charge in [0.25, 0.3) is 0 Å². The molecule has 2 atom stereocenters. The molecule has 2 unspecified atom stereocenters. The van der Waals surface area contributed by atoms with Crippen molar-refractivity contribution < 1.29 is 14.3 Å². The van der Waals surface area contributed by atoms with E-state index in [1.54, 1.807) is 24.3 Å². The molecule has 3 N–H and O–H groups in total. The number of nitrogens with two attached hydrogens (primary N) is 1. The number of benzene rings is 1. The van der Waals surface area contributed by atoms with Crippen LogP contribution in [-0.2, 0) is 9.53 Å². The Hall–Kier alpha value is -1.88. The molecule has 5 heteroatoms. The molecule has 1 fully saturated rings. The highest BCUT2D eigenvalue weighted by Crippen LogP contribution is 2.31. The lowest BCUT2D eigenvalue weighted by Crippen LogP contribution is -2.53. The number of esters is 1. The largest absolute Gasteiger partial charge is 0.465 e. The van der Waals surface area contributed by atoms with Crippen molar-refractivity contribution in [2.24, 2.45) is 11.7 Å². The number of anilines is 1. The van der Waals surface area contributed by atoms with E-state index in [1.807, 2.05) is 0 Å². The van der Waals surface area contributed by atoms with E-state index in [0.29, 0.717) is 30.0 Å². The Balaban J connectivity index is 2.18. The van der Waals surface area contributed by atoms with Gasteiger partial charge in [-0.25, -0.2) is 4.79 Å². The zero-order valence-corrected chi connectivity index (χ0v) is 12.5. The van der Waals surface area contributed by atoms with Gasteiger partial charge in [-0.15, -0.1) is 0 Å². The van der Waals surface area contributed by atoms with Crippen LogP contribution in [0.5, 0.6) is 0 Å². The molecule has 5 nitrogen and oxygen atoms in total. The number of carbonyl (C=O) groups is 2. The van der Waals surface area contributed by atoms with Gasteiger partial charge in [-0.05, 0) is 30.9 Å². The normalized spacial score (nSPS) is 25.2. The van der Waals surface area contributed by atoms with Crippen molar-refractivity contribution in [3.63, 3.8) is 0 Å². The first kappa shape index (κ1) is 15.5. The van der Waals surface area contributed by atoms with Crippen LogP contribution in [0.2, 0.25) is 0 Å². The van der Waals surface area contributed by atoms with Crippen LogP contribution >= 0.6 is 0 Å². The summed E-state index contributed by atoms with van der Waals surface area (Å²) >= 11 is 0. The van der Waals surface area contributed by atoms with Gasteiger partial charge in [-0.3, -0.25) is 4.79 Å². The standard InChI is InChI=1S/C16H22N2O3/c1-11-6-5-9-16(17,10-11)15(20)18-13-8-4-3-7-12(13)14(19)21-2/h3-4,7-8,11H,5-6,9-10,17H2,1-2H3,(H,18,20). The fraction of sp³-hybridized carbons (Fsp3) is 0.500. The summed E-state index contributed by atoms with van der Waals surface area (Å²) in [5.74, 6) is -0.273. The van der Waals surface area contributed by atoms with E-state index in [0.717, 1.165) is 12.8 Å². The maximum absolute atomic E-state index is 12.5. The third-order valence-corrected chi connectivity index (χ3v) is 4.07. The summed E-state index contributed by atoms with van der Waals surface area (Å²) in [6.45, 7) is 2.11. The van der Waals surface area contributed by atoms with Gasteiger partial charge in [0.1, 0.15) is 0 Å². The van der Waals surface area contributed by atoms with Gasteiger partial charge in [0.15, 0.2) is 0 Å². The van der Waals surface area contributed by atoms with Crippen LogP contribution in [-0.4, -0.2) is 24.5 Å². The van der Waals surface area contributed by atoms with Crippen molar-refractivity contribution in [3.8, 4) is 0 Å². The molecule has 1 aliphatic rings. The minimum atomic E-state index is -0.860. The van der Waals surface area contributed by atoms with E-state index in [2.05, 4.69) is 12.2 Å². The Labute approximate surface area is 124 Å². The fourth-order valence-corrected chi connectivity index (χ4v) is 2.93. The van der Waals surface area contributed by atoms with Gasteiger partial charge in [-0.1, -0.05) is 31.9 Å². The highest BCUT2D eigenvalue weighted by molar-refractivity contribution is 6.04. The number of rotatable bonds is 3. The molecule has 0 saturated heterocycles. The molecule has 0 aliphatic heterocycles. The van der Waals surface area contributed by atoms with Gasteiger partial charge < -0.3 is 15.8 Å². The number of nitrogens with one attached hydrogen (secondary N) is 1. The van der Waals surface area contributed by atoms with E-state index >= 15 is 0 Å². The Kier molecular flexibility index (Phi) is 4.63. The third-order valence-electron chi connectivity index (χ3n) is 4.07. The van der Waals surface area contributed by atoms with Crippen LogP contribution in [0.25, 0.3) is 0 Å². The highest BCUT2D eigenvalue weighted by Gasteiger charge is 2.38. The molecule has 1 amide bonds. The zero-order valence-electron chi connectivity index (χ0n) is 12.5. The van der Waals surface area contributed by atoms with Gasteiger partial charge in [0.05, 0.1) is 23.9 Å². The molecule has 21 heavy (non-hydrogen) atoms. The second-order valence-corrected chi connectivity index (χ2v) is 5.85. The van der Waals surface area contributed by atoms with E-state index in [-0.39, 0.29) is 5.91 Å². The molecule has 114 valence electrons. The number of hydrogen-bond acceptors (Lipinski definition) is 4. The van der Waals surface area contributed by atoms with Gasteiger partial charge in [0, 0.05) is 0 Å². The number of ether oxygens (including phenoxy) is 1. The molecule has 0 bridgehead atoms. The Morgan fingerprint density at radius 3 is 2.76 bits per heavy atom. The Morgan fingerprint density at radius 1 is 1.38 bits per heavy atom. The van der Waals surface area contributed by atoms with Crippen LogP contribution < -0.4 is 11.1 Å². The maximum atomic E-state index is 12.5. The first-order valence-electron chi connectivity index (χ1n) is 7.24. The van der Waals surface area contributed by atoms with Crippen LogP contribution in [0, 0.1) is 5.92 Å². The number of para-hydroxylation sites is 1. The number of hydrogen-bond donors (Lipinski definition) is 2. The Morgan fingerprint density at radius 2 is 2.10 bits per heavy atom. The molecule has 0 radical (unpaired) electrons. The third kappa shape index (κ3) is 3.42. The van der Waals surface area contributed by atoms with Crippen LogP contribution in [0.3, 0.4) is 0 Å². The lowest BCUT2D eigenvalue weighted by atomic mass is 9.76. The average Bonchev–Trinajstić information content (AvgIpc) is 2.46. The van der Waals surface area contributed by atoms with Gasteiger partial charge in [0.2, 0.25) is 5.91 Å². The van der Waals surface area contributed by atoms with Crippen LogP contribution in [0.1, 0.15) is 43.0 Å². The minimum absolute atomic E-state index is 0.231. The quantitative estimate of drug-likeness (QED) is 0.837. The predicted molar refractivity (Wildman–Crippen MR) is 81.0 cm³/mol. The summed E-state index contributed by atoms with van der Waals surface area (Å²) in [5, 5.41) is 2.79. The molecule has 1 aliphatic carbocycles. The molecule has 1 saturated carbocycles. The minimum Gasteiger partial charge on any atom is -0.465 e. The zero-order chi connectivity index (χ0) is 15.5. The first-order valence-corrected chi connectivity index (χ1v) is 7.24. The molecule has 0 aromatic heterocycles. The summed E-state index contributed by atoms with van der Waals surface area (Å²) in [5.41, 5.74) is 6.19. The van der Waals surface area contributed by atoms with E-state index < -0.39 is 11.5 Å². The molecule has 1 aromatic rings. The summed E-state index contributed by atoms with van der Waals surface area (Å²) in [7, 11) is 1.31. The molecule has 0 heterocycles. The predicted octanol–water partition coefficient (Wildman–Crippen LogP) is 2.32. The van der Waals surface area contributed by atoms with Crippen molar-refractivity contribution in [1.82, 2.24) is 0 Å². The van der Waals surface area contributed by atoms with E-state index in [1.165, 1.54) is 7.11 Å². The average molecular weight is 290 g/mol. The maximum Gasteiger partial charge on any atom is 0.339 e.